The van der Waals surface area contributed by atoms with Gasteiger partial charge in [0, 0.05) is 17.3 Å². The summed E-state index contributed by atoms with van der Waals surface area (Å²) in [7, 11) is 0. The summed E-state index contributed by atoms with van der Waals surface area (Å²) in [6.07, 6.45) is -3.66. The second-order valence-corrected chi connectivity index (χ2v) is 4.57. The van der Waals surface area contributed by atoms with Gasteiger partial charge in [0.2, 0.25) is 0 Å². The predicted octanol–water partition coefficient (Wildman–Crippen LogP) is 5.01. The van der Waals surface area contributed by atoms with Gasteiger partial charge in [-0.15, -0.1) is 11.6 Å². The molecule has 0 saturated carbocycles. The Hall–Kier alpha value is -0.410. The van der Waals surface area contributed by atoms with Gasteiger partial charge in [-0.2, -0.15) is 13.2 Å². The summed E-state index contributed by atoms with van der Waals surface area (Å²) < 4.78 is 36.6. The van der Waals surface area contributed by atoms with Crippen LogP contribution < -0.4 is 0 Å². The van der Waals surface area contributed by atoms with Gasteiger partial charge in [0.05, 0.1) is 0 Å². The SMILES string of the molecule is FC(F)(F)CCc1c(Cl)cccc1CCCCl. The zero-order chi connectivity index (χ0) is 12.9. The first kappa shape index (κ1) is 14.7. The molecule has 1 rings (SSSR count). The van der Waals surface area contributed by atoms with E-state index in [1.54, 1.807) is 12.1 Å². The second-order valence-electron chi connectivity index (χ2n) is 3.79. The second kappa shape index (κ2) is 6.50. The molecule has 1 aromatic rings. The van der Waals surface area contributed by atoms with Gasteiger partial charge in [-0.1, -0.05) is 23.7 Å². The third kappa shape index (κ3) is 5.17. The Kier molecular flexibility index (Phi) is 5.60. The largest absolute Gasteiger partial charge is 0.389 e. The van der Waals surface area contributed by atoms with Crippen molar-refractivity contribution in [3.05, 3.63) is 34.3 Å². The Morgan fingerprint density at radius 1 is 1.12 bits per heavy atom. The molecular weight excluding hydrogens is 272 g/mol. The highest BCUT2D eigenvalue weighted by atomic mass is 35.5. The highest BCUT2D eigenvalue weighted by Gasteiger charge is 2.27. The van der Waals surface area contributed by atoms with Crippen molar-refractivity contribution in [1.29, 1.82) is 0 Å². The van der Waals surface area contributed by atoms with Gasteiger partial charge in [-0.25, -0.2) is 0 Å². The first-order valence-electron chi connectivity index (χ1n) is 5.33. The maximum atomic E-state index is 12.2. The number of benzene rings is 1. The van der Waals surface area contributed by atoms with Crippen molar-refractivity contribution in [2.45, 2.75) is 31.9 Å². The highest BCUT2D eigenvalue weighted by Crippen LogP contribution is 2.28. The molecular formula is C12H13Cl2F3. The third-order valence-corrected chi connectivity index (χ3v) is 3.08. The number of rotatable bonds is 5. The molecule has 0 nitrogen and oxygen atoms in total. The molecule has 0 atom stereocenters. The molecule has 5 heteroatoms. The van der Waals surface area contributed by atoms with Crippen molar-refractivity contribution in [2.75, 3.05) is 5.88 Å². The molecule has 17 heavy (non-hydrogen) atoms. The van der Waals surface area contributed by atoms with Crippen LogP contribution in [0.25, 0.3) is 0 Å². The van der Waals surface area contributed by atoms with E-state index in [1.807, 2.05) is 6.07 Å². The Morgan fingerprint density at radius 3 is 2.41 bits per heavy atom. The lowest BCUT2D eigenvalue weighted by molar-refractivity contribution is -0.134. The molecule has 0 spiro atoms. The zero-order valence-electron chi connectivity index (χ0n) is 9.16. The molecule has 0 unspecified atom stereocenters. The third-order valence-electron chi connectivity index (χ3n) is 2.45. The van der Waals surface area contributed by atoms with Crippen LogP contribution in [0.1, 0.15) is 24.0 Å². The average molecular weight is 285 g/mol. The van der Waals surface area contributed by atoms with Gasteiger partial charge in [0.1, 0.15) is 0 Å². The minimum atomic E-state index is -4.15. The highest BCUT2D eigenvalue weighted by molar-refractivity contribution is 6.31. The van der Waals surface area contributed by atoms with Gasteiger partial charge >= 0.3 is 6.18 Å². The Bertz CT molecular complexity index is 361. The average Bonchev–Trinajstić information content (AvgIpc) is 2.23. The van der Waals surface area contributed by atoms with Crippen LogP contribution in [0.3, 0.4) is 0 Å². The van der Waals surface area contributed by atoms with E-state index in [1.165, 1.54) is 0 Å². The minimum absolute atomic E-state index is 0.0687. The number of aryl methyl sites for hydroxylation is 1. The standard InChI is InChI=1S/C12H13Cl2F3/c13-8-2-4-9-3-1-5-11(14)10(9)6-7-12(15,16)17/h1,3,5H,2,4,6-8H2. The topological polar surface area (TPSA) is 0 Å². The van der Waals surface area contributed by atoms with E-state index in [-0.39, 0.29) is 6.42 Å². The van der Waals surface area contributed by atoms with Gasteiger partial charge in [-0.3, -0.25) is 0 Å². The van der Waals surface area contributed by atoms with Crippen molar-refractivity contribution in [3.8, 4) is 0 Å². The fourth-order valence-corrected chi connectivity index (χ4v) is 2.06. The van der Waals surface area contributed by atoms with Crippen LogP contribution in [0.5, 0.6) is 0 Å². The number of halogens is 5. The summed E-state index contributed by atoms with van der Waals surface area (Å²) in [6, 6.07) is 5.19. The maximum absolute atomic E-state index is 12.2. The van der Waals surface area contributed by atoms with Crippen LogP contribution in [0.15, 0.2) is 18.2 Å². The van der Waals surface area contributed by atoms with E-state index >= 15 is 0 Å². The van der Waals surface area contributed by atoms with Crippen molar-refractivity contribution in [3.63, 3.8) is 0 Å². The molecule has 0 aliphatic carbocycles. The van der Waals surface area contributed by atoms with E-state index < -0.39 is 12.6 Å². The first-order valence-corrected chi connectivity index (χ1v) is 6.24. The normalized spacial score (nSPS) is 11.8. The number of hydrogen-bond donors (Lipinski definition) is 0. The smallest absolute Gasteiger partial charge is 0.171 e. The van der Waals surface area contributed by atoms with Crippen LogP contribution >= 0.6 is 23.2 Å². The minimum Gasteiger partial charge on any atom is -0.171 e. The Morgan fingerprint density at radius 2 is 1.82 bits per heavy atom. The van der Waals surface area contributed by atoms with Gasteiger partial charge in [0.25, 0.3) is 0 Å². The molecule has 0 fully saturated rings. The van der Waals surface area contributed by atoms with E-state index in [2.05, 4.69) is 0 Å². The van der Waals surface area contributed by atoms with Crippen LogP contribution in [-0.2, 0) is 12.8 Å². The summed E-state index contributed by atoms with van der Waals surface area (Å²) in [5.41, 5.74) is 1.46. The van der Waals surface area contributed by atoms with Crippen molar-refractivity contribution < 1.29 is 13.2 Å². The fraction of sp³-hybridized carbons (Fsp3) is 0.500. The molecule has 0 heterocycles. The quantitative estimate of drug-likeness (QED) is 0.667. The fourth-order valence-electron chi connectivity index (χ4n) is 1.64. The molecule has 0 saturated heterocycles. The summed E-state index contributed by atoms with van der Waals surface area (Å²) >= 11 is 11.5. The predicted molar refractivity (Wildman–Crippen MR) is 64.9 cm³/mol. The molecule has 1 aromatic carbocycles. The molecule has 0 bridgehead atoms. The lowest BCUT2D eigenvalue weighted by atomic mass is 9.99. The van der Waals surface area contributed by atoms with Crippen LogP contribution in [0.4, 0.5) is 13.2 Å². The monoisotopic (exact) mass is 284 g/mol. The maximum Gasteiger partial charge on any atom is 0.389 e. The van der Waals surface area contributed by atoms with Crippen LogP contribution in [-0.4, -0.2) is 12.1 Å². The molecule has 0 radical (unpaired) electrons. The van der Waals surface area contributed by atoms with Crippen molar-refractivity contribution in [1.82, 2.24) is 0 Å². The van der Waals surface area contributed by atoms with Crippen LogP contribution in [0, 0.1) is 0 Å². The lowest BCUT2D eigenvalue weighted by Crippen LogP contribution is -2.10. The van der Waals surface area contributed by atoms with Crippen molar-refractivity contribution in [2.24, 2.45) is 0 Å². The zero-order valence-corrected chi connectivity index (χ0v) is 10.7. The molecule has 0 aromatic heterocycles. The summed E-state index contributed by atoms with van der Waals surface area (Å²) in [5, 5.41) is 0.404. The summed E-state index contributed by atoms with van der Waals surface area (Å²) in [6.45, 7) is 0. The molecule has 0 aliphatic heterocycles. The molecule has 0 N–H and O–H groups in total. The van der Waals surface area contributed by atoms with Gasteiger partial charge < -0.3 is 0 Å². The lowest BCUT2D eigenvalue weighted by Gasteiger charge is -2.12. The molecule has 96 valence electrons. The van der Waals surface area contributed by atoms with E-state index in [0.29, 0.717) is 22.9 Å². The van der Waals surface area contributed by atoms with E-state index in [4.69, 9.17) is 23.2 Å². The van der Waals surface area contributed by atoms with Crippen LogP contribution in [0.2, 0.25) is 5.02 Å². The molecule has 0 aliphatic rings. The Balaban J connectivity index is 2.80. The number of alkyl halides is 4. The van der Waals surface area contributed by atoms with Gasteiger partial charge in [0.15, 0.2) is 0 Å². The summed E-state index contributed by atoms with van der Waals surface area (Å²) in [5.74, 6) is 0.491. The number of hydrogen-bond acceptors (Lipinski definition) is 0. The van der Waals surface area contributed by atoms with Crippen molar-refractivity contribution >= 4 is 23.2 Å². The van der Waals surface area contributed by atoms with Gasteiger partial charge in [-0.05, 0) is 36.5 Å². The summed E-state index contributed by atoms with van der Waals surface area (Å²) in [4.78, 5) is 0. The first-order chi connectivity index (χ1) is 7.94. The van der Waals surface area contributed by atoms with E-state index in [9.17, 15) is 13.2 Å². The molecule has 0 amide bonds. The van der Waals surface area contributed by atoms with E-state index in [0.717, 1.165) is 12.0 Å². The Labute approximate surface area is 109 Å².